The summed E-state index contributed by atoms with van der Waals surface area (Å²) in [5.41, 5.74) is 3.64. The van der Waals surface area contributed by atoms with Gasteiger partial charge in [0.15, 0.2) is 0 Å². The van der Waals surface area contributed by atoms with Crippen molar-refractivity contribution < 1.29 is 17.2 Å². The SMILES string of the molecule is O=S(=O)(c1cccc2c1CCCC2)N1c2cc(F)ccc2CCC1CCc1ccc(Cl)cc1F. The maximum atomic E-state index is 14.4. The summed E-state index contributed by atoms with van der Waals surface area (Å²) in [6, 6.07) is 14.0. The molecule has 178 valence electrons. The normalized spacial score (nSPS) is 17.9. The summed E-state index contributed by atoms with van der Waals surface area (Å²) in [4.78, 5) is 0.310. The van der Waals surface area contributed by atoms with Crippen molar-refractivity contribution in [1.29, 1.82) is 0 Å². The number of sulfonamides is 1. The molecule has 34 heavy (non-hydrogen) atoms. The molecule has 2 aliphatic rings. The van der Waals surface area contributed by atoms with Crippen molar-refractivity contribution in [1.82, 2.24) is 0 Å². The van der Waals surface area contributed by atoms with Crippen molar-refractivity contribution in [3.05, 3.63) is 93.5 Å². The lowest BCUT2D eigenvalue weighted by molar-refractivity contribution is 0.514. The predicted molar refractivity (Wildman–Crippen MR) is 131 cm³/mol. The second kappa shape index (κ2) is 9.31. The van der Waals surface area contributed by atoms with Crippen LogP contribution >= 0.6 is 11.6 Å². The number of benzene rings is 3. The average Bonchev–Trinajstić information content (AvgIpc) is 2.82. The molecule has 0 spiro atoms. The van der Waals surface area contributed by atoms with Gasteiger partial charge in [0, 0.05) is 11.1 Å². The summed E-state index contributed by atoms with van der Waals surface area (Å²) in [5.74, 6) is -0.875. The first-order valence-electron chi connectivity index (χ1n) is 11.7. The molecule has 0 amide bonds. The van der Waals surface area contributed by atoms with Crippen molar-refractivity contribution in [3.8, 4) is 0 Å². The summed E-state index contributed by atoms with van der Waals surface area (Å²) in [7, 11) is -3.95. The van der Waals surface area contributed by atoms with Crippen LogP contribution in [0.25, 0.3) is 0 Å². The van der Waals surface area contributed by atoms with Gasteiger partial charge in [-0.3, -0.25) is 4.31 Å². The maximum absolute atomic E-state index is 14.4. The van der Waals surface area contributed by atoms with Gasteiger partial charge in [-0.15, -0.1) is 0 Å². The van der Waals surface area contributed by atoms with Gasteiger partial charge in [0.25, 0.3) is 10.0 Å². The van der Waals surface area contributed by atoms with Crippen LogP contribution in [0.4, 0.5) is 14.5 Å². The maximum Gasteiger partial charge on any atom is 0.264 e. The smallest absolute Gasteiger partial charge is 0.263 e. The molecule has 1 aliphatic carbocycles. The van der Waals surface area contributed by atoms with E-state index in [9.17, 15) is 17.2 Å². The Kier molecular flexibility index (Phi) is 6.38. The van der Waals surface area contributed by atoms with Gasteiger partial charge in [-0.2, -0.15) is 0 Å². The molecular weight excluding hydrogens is 476 g/mol. The molecule has 0 radical (unpaired) electrons. The van der Waals surface area contributed by atoms with Gasteiger partial charge in [-0.25, -0.2) is 17.2 Å². The van der Waals surface area contributed by atoms with Crippen molar-refractivity contribution in [3.63, 3.8) is 0 Å². The van der Waals surface area contributed by atoms with Crippen LogP contribution in [0, 0.1) is 11.6 Å². The zero-order valence-corrected chi connectivity index (χ0v) is 20.3. The highest BCUT2D eigenvalue weighted by molar-refractivity contribution is 7.93. The molecule has 5 rings (SSSR count). The van der Waals surface area contributed by atoms with E-state index in [4.69, 9.17) is 11.6 Å². The number of aryl methyl sites for hydroxylation is 3. The van der Waals surface area contributed by atoms with Crippen molar-refractivity contribution in [2.24, 2.45) is 0 Å². The van der Waals surface area contributed by atoms with E-state index in [0.717, 1.165) is 42.4 Å². The fourth-order valence-electron chi connectivity index (χ4n) is 5.32. The molecule has 0 N–H and O–H groups in total. The highest BCUT2D eigenvalue weighted by atomic mass is 35.5. The number of hydrogen-bond donors (Lipinski definition) is 0. The van der Waals surface area contributed by atoms with Crippen LogP contribution in [-0.4, -0.2) is 14.5 Å². The fourth-order valence-corrected chi connectivity index (χ4v) is 7.52. The Balaban J connectivity index is 1.56. The molecule has 0 aromatic heterocycles. The van der Waals surface area contributed by atoms with Gasteiger partial charge in [-0.1, -0.05) is 35.9 Å². The van der Waals surface area contributed by atoms with Crippen molar-refractivity contribution in [2.75, 3.05) is 4.31 Å². The molecule has 3 aromatic carbocycles. The molecule has 3 aromatic rings. The molecule has 1 unspecified atom stereocenters. The predicted octanol–water partition coefficient (Wildman–Crippen LogP) is 6.64. The van der Waals surface area contributed by atoms with E-state index >= 15 is 0 Å². The molecule has 1 atom stereocenters. The Morgan fingerprint density at radius 1 is 0.941 bits per heavy atom. The first-order chi connectivity index (χ1) is 16.3. The number of rotatable bonds is 5. The third-order valence-corrected chi connectivity index (χ3v) is 9.20. The van der Waals surface area contributed by atoms with Gasteiger partial charge in [0.1, 0.15) is 11.6 Å². The Morgan fingerprint density at radius 2 is 1.76 bits per heavy atom. The minimum absolute atomic E-state index is 0.310. The first kappa shape index (κ1) is 23.3. The minimum atomic E-state index is -3.95. The van der Waals surface area contributed by atoms with Crippen LogP contribution in [-0.2, 0) is 35.7 Å². The standard InChI is InChI=1S/C27H26ClF2NO2S/c28-21-12-8-19(25(30)16-21)10-14-23-15-11-20-9-13-22(29)17-26(20)31(23)34(32,33)27-7-3-5-18-4-1-2-6-24(18)27/h3,5,7-9,12-13,16-17,23H,1-2,4,6,10-11,14-15H2. The van der Waals surface area contributed by atoms with Crippen LogP contribution in [0.15, 0.2) is 59.5 Å². The lowest BCUT2D eigenvalue weighted by Gasteiger charge is -2.38. The largest absolute Gasteiger partial charge is 0.264 e. The highest BCUT2D eigenvalue weighted by Crippen LogP contribution is 2.39. The monoisotopic (exact) mass is 501 g/mol. The summed E-state index contributed by atoms with van der Waals surface area (Å²) >= 11 is 5.88. The molecule has 1 heterocycles. The zero-order chi connectivity index (χ0) is 23.9. The van der Waals surface area contributed by atoms with E-state index in [-0.39, 0.29) is 0 Å². The molecular formula is C27H26ClF2NO2S. The summed E-state index contributed by atoms with van der Waals surface area (Å²) in [6.45, 7) is 0. The third kappa shape index (κ3) is 4.34. The molecule has 0 saturated heterocycles. The van der Waals surface area contributed by atoms with Crippen molar-refractivity contribution >= 4 is 27.3 Å². The van der Waals surface area contributed by atoms with Crippen LogP contribution < -0.4 is 4.31 Å². The molecule has 1 aliphatic heterocycles. The molecule has 7 heteroatoms. The molecule has 0 bridgehead atoms. The quantitative estimate of drug-likeness (QED) is 0.393. The van der Waals surface area contributed by atoms with Gasteiger partial charge >= 0.3 is 0 Å². The lowest BCUT2D eigenvalue weighted by Crippen LogP contribution is -2.44. The number of hydrogen-bond acceptors (Lipinski definition) is 2. The Morgan fingerprint density at radius 3 is 2.59 bits per heavy atom. The van der Waals surface area contributed by atoms with E-state index in [1.54, 1.807) is 30.3 Å². The zero-order valence-electron chi connectivity index (χ0n) is 18.7. The summed E-state index contributed by atoms with van der Waals surface area (Å²) < 4.78 is 58.5. The molecule has 0 saturated carbocycles. The van der Waals surface area contributed by atoms with Gasteiger partial charge in [0.05, 0.1) is 10.6 Å². The van der Waals surface area contributed by atoms with E-state index in [0.29, 0.717) is 46.9 Å². The minimum Gasteiger partial charge on any atom is -0.263 e. The average molecular weight is 502 g/mol. The number of nitrogens with zero attached hydrogens (tertiary/aromatic N) is 1. The van der Waals surface area contributed by atoms with Crippen LogP contribution in [0.1, 0.15) is 47.9 Å². The Labute approximate surface area is 204 Å². The first-order valence-corrected chi connectivity index (χ1v) is 13.5. The van der Waals surface area contributed by atoms with E-state index in [1.807, 2.05) is 6.07 Å². The van der Waals surface area contributed by atoms with Crippen LogP contribution in [0.2, 0.25) is 5.02 Å². The third-order valence-electron chi connectivity index (χ3n) is 7.02. The van der Waals surface area contributed by atoms with Gasteiger partial charge in [0.2, 0.25) is 0 Å². The van der Waals surface area contributed by atoms with Crippen LogP contribution in [0.3, 0.4) is 0 Å². The van der Waals surface area contributed by atoms with Crippen LogP contribution in [0.5, 0.6) is 0 Å². The second-order valence-electron chi connectivity index (χ2n) is 9.14. The number of fused-ring (bicyclic) bond motifs is 2. The number of anilines is 1. The van der Waals surface area contributed by atoms with E-state index in [1.165, 1.54) is 22.5 Å². The Hall–Kier alpha value is -2.44. The highest BCUT2D eigenvalue weighted by Gasteiger charge is 2.38. The second-order valence-corrected chi connectivity index (χ2v) is 11.4. The molecule has 0 fully saturated rings. The van der Waals surface area contributed by atoms with Gasteiger partial charge in [-0.05, 0) is 104 Å². The lowest BCUT2D eigenvalue weighted by atomic mass is 9.92. The Bertz CT molecular complexity index is 1340. The van der Waals surface area contributed by atoms with Crippen molar-refractivity contribution in [2.45, 2.75) is 62.3 Å². The fraction of sp³-hybridized carbons (Fsp3) is 0.333. The topological polar surface area (TPSA) is 37.4 Å². The van der Waals surface area contributed by atoms with Gasteiger partial charge < -0.3 is 0 Å². The molecule has 3 nitrogen and oxygen atoms in total. The van der Waals surface area contributed by atoms with E-state index in [2.05, 4.69) is 0 Å². The van der Waals surface area contributed by atoms with E-state index < -0.39 is 27.7 Å². The summed E-state index contributed by atoms with van der Waals surface area (Å²) in [6.07, 6.45) is 5.58. The summed E-state index contributed by atoms with van der Waals surface area (Å²) in [5, 5.41) is 0.321. The number of halogens is 3.